The fourth-order valence-electron chi connectivity index (χ4n) is 2.62. The predicted molar refractivity (Wildman–Crippen MR) is 79.5 cm³/mol. The van der Waals surface area contributed by atoms with Crippen molar-refractivity contribution in [2.24, 2.45) is 0 Å². The van der Waals surface area contributed by atoms with E-state index in [2.05, 4.69) is 41.0 Å². The Morgan fingerprint density at radius 2 is 1.89 bits per heavy atom. The summed E-state index contributed by atoms with van der Waals surface area (Å²) < 4.78 is 5.49. The van der Waals surface area contributed by atoms with Crippen molar-refractivity contribution in [3.8, 4) is 17.6 Å². The van der Waals surface area contributed by atoms with E-state index in [0.717, 1.165) is 32.0 Å². The van der Waals surface area contributed by atoms with Gasteiger partial charge in [-0.2, -0.15) is 0 Å². The van der Waals surface area contributed by atoms with Crippen molar-refractivity contribution in [2.45, 2.75) is 32.6 Å². The van der Waals surface area contributed by atoms with Crippen molar-refractivity contribution < 1.29 is 4.74 Å². The lowest BCUT2D eigenvalue weighted by molar-refractivity contribution is 0.235. The molecule has 102 valence electrons. The highest BCUT2D eigenvalue weighted by Gasteiger charge is 2.19. The van der Waals surface area contributed by atoms with Crippen LogP contribution in [-0.2, 0) is 0 Å². The molecule has 0 aliphatic carbocycles. The Balaban J connectivity index is 1.87. The fraction of sp³-hybridized carbons (Fsp3) is 0.529. The van der Waals surface area contributed by atoms with Crippen LogP contribution in [0.1, 0.15) is 38.2 Å². The van der Waals surface area contributed by atoms with E-state index in [1.54, 1.807) is 0 Å². The Kier molecular flexibility index (Phi) is 5.30. The molecule has 1 fully saturated rings. The lowest BCUT2D eigenvalue weighted by atomic mass is 9.89. The van der Waals surface area contributed by atoms with Crippen molar-refractivity contribution in [3.63, 3.8) is 0 Å². The van der Waals surface area contributed by atoms with Crippen LogP contribution in [0.15, 0.2) is 24.3 Å². The zero-order valence-electron chi connectivity index (χ0n) is 12.0. The minimum atomic E-state index is 0.696. The molecule has 1 aliphatic rings. The van der Waals surface area contributed by atoms with Gasteiger partial charge in [0.25, 0.3) is 0 Å². The molecule has 1 saturated heterocycles. The van der Waals surface area contributed by atoms with E-state index >= 15 is 0 Å². The summed E-state index contributed by atoms with van der Waals surface area (Å²) in [6, 6.07) is 8.62. The second-order valence-corrected chi connectivity index (χ2v) is 4.98. The lowest BCUT2D eigenvalue weighted by Gasteiger charge is -2.30. The van der Waals surface area contributed by atoms with Gasteiger partial charge in [0, 0.05) is 0 Å². The fourth-order valence-corrected chi connectivity index (χ4v) is 2.62. The third kappa shape index (κ3) is 4.01. The van der Waals surface area contributed by atoms with Gasteiger partial charge >= 0.3 is 0 Å². The molecule has 0 bridgehead atoms. The first-order chi connectivity index (χ1) is 9.33. The van der Waals surface area contributed by atoms with Crippen molar-refractivity contribution in [1.82, 2.24) is 4.90 Å². The number of piperidine rings is 1. The van der Waals surface area contributed by atoms with Crippen molar-refractivity contribution in [3.05, 3.63) is 29.8 Å². The normalized spacial score (nSPS) is 16.7. The van der Waals surface area contributed by atoms with Crippen LogP contribution in [0.25, 0.3) is 0 Å². The van der Waals surface area contributed by atoms with Gasteiger partial charge in [0.15, 0.2) is 0 Å². The Morgan fingerprint density at radius 3 is 2.47 bits per heavy atom. The Bertz CT molecular complexity index is 433. The van der Waals surface area contributed by atoms with Crippen LogP contribution in [0, 0.1) is 11.8 Å². The van der Waals surface area contributed by atoms with Gasteiger partial charge in [-0.15, -0.1) is 5.92 Å². The number of rotatable bonds is 4. The molecule has 1 aliphatic heterocycles. The first-order valence-electron chi connectivity index (χ1n) is 7.18. The van der Waals surface area contributed by atoms with Gasteiger partial charge in [0.05, 0.1) is 13.2 Å². The summed E-state index contributed by atoms with van der Waals surface area (Å²) in [6.07, 6.45) is 2.47. The summed E-state index contributed by atoms with van der Waals surface area (Å²) in [5.41, 5.74) is 1.45. The molecule has 0 N–H and O–H groups in total. The zero-order chi connectivity index (χ0) is 13.5. The number of nitrogens with zero attached hydrogens (tertiary/aromatic N) is 1. The summed E-state index contributed by atoms with van der Waals surface area (Å²) in [7, 11) is 0. The molecule has 0 amide bonds. The van der Waals surface area contributed by atoms with E-state index in [0.29, 0.717) is 5.92 Å². The van der Waals surface area contributed by atoms with Crippen LogP contribution in [0.3, 0.4) is 0 Å². The minimum absolute atomic E-state index is 0.696. The molecular formula is C17H23NO. The van der Waals surface area contributed by atoms with Crippen LogP contribution in [-0.4, -0.2) is 31.1 Å². The van der Waals surface area contributed by atoms with Gasteiger partial charge in [0.1, 0.15) is 5.75 Å². The molecule has 1 heterocycles. The SMILES string of the molecule is CC#CCN1CCC(c2ccc(OCC)cc2)CC1. The largest absolute Gasteiger partial charge is 0.494 e. The van der Waals surface area contributed by atoms with Crippen molar-refractivity contribution in [1.29, 1.82) is 0 Å². The molecule has 0 radical (unpaired) electrons. The first kappa shape index (κ1) is 14.0. The van der Waals surface area contributed by atoms with Gasteiger partial charge in [-0.3, -0.25) is 4.90 Å². The second kappa shape index (κ2) is 7.21. The van der Waals surface area contributed by atoms with E-state index in [1.165, 1.54) is 18.4 Å². The molecule has 0 aromatic heterocycles. The molecule has 1 aromatic carbocycles. The summed E-state index contributed by atoms with van der Waals surface area (Å²) in [5.74, 6) is 7.79. The van der Waals surface area contributed by atoms with Crippen molar-refractivity contribution >= 4 is 0 Å². The van der Waals surface area contributed by atoms with Gasteiger partial charge in [-0.05, 0) is 63.4 Å². The maximum absolute atomic E-state index is 5.49. The van der Waals surface area contributed by atoms with Crippen LogP contribution in [0.2, 0.25) is 0 Å². The minimum Gasteiger partial charge on any atom is -0.494 e. The average Bonchev–Trinajstić information content (AvgIpc) is 2.47. The highest BCUT2D eigenvalue weighted by molar-refractivity contribution is 5.29. The molecule has 2 rings (SSSR count). The van der Waals surface area contributed by atoms with Crippen molar-refractivity contribution in [2.75, 3.05) is 26.2 Å². The standard InChI is InChI=1S/C17H23NO/c1-3-5-12-18-13-10-16(11-14-18)15-6-8-17(9-7-15)19-4-2/h6-9,16H,4,10-14H2,1-2H3. The van der Waals surface area contributed by atoms with Gasteiger partial charge in [0.2, 0.25) is 0 Å². The molecule has 0 spiro atoms. The third-order valence-electron chi connectivity index (χ3n) is 3.73. The highest BCUT2D eigenvalue weighted by atomic mass is 16.5. The molecule has 0 saturated carbocycles. The van der Waals surface area contributed by atoms with E-state index in [4.69, 9.17) is 4.74 Å². The van der Waals surface area contributed by atoms with Crippen LogP contribution < -0.4 is 4.74 Å². The average molecular weight is 257 g/mol. The van der Waals surface area contributed by atoms with Gasteiger partial charge < -0.3 is 4.74 Å². The topological polar surface area (TPSA) is 12.5 Å². The molecule has 19 heavy (non-hydrogen) atoms. The molecule has 2 heteroatoms. The van der Waals surface area contributed by atoms with E-state index in [9.17, 15) is 0 Å². The molecule has 0 unspecified atom stereocenters. The Morgan fingerprint density at radius 1 is 1.21 bits per heavy atom. The number of likely N-dealkylation sites (tertiary alicyclic amines) is 1. The Labute approximate surface area is 116 Å². The number of benzene rings is 1. The Hall–Kier alpha value is -1.46. The van der Waals surface area contributed by atoms with E-state index in [1.807, 2.05) is 13.8 Å². The lowest BCUT2D eigenvalue weighted by Crippen LogP contribution is -2.33. The molecule has 1 aromatic rings. The highest BCUT2D eigenvalue weighted by Crippen LogP contribution is 2.29. The maximum Gasteiger partial charge on any atom is 0.119 e. The van der Waals surface area contributed by atoms with Crippen LogP contribution in [0.5, 0.6) is 5.75 Å². The van der Waals surface area contributed by atoms with Crippen LogP contribution in [0.4, 0.5) is 0 Å². The van der Waals surface area contributed by atoms with E-state index in [-0.39, 0.29) is 0 Å². The summed E-state index contributed by atoms with van der Waals surface area (Å²) in [5, 5.41) is 0. The third-order valence-corrected chi connectivity index (χ3v) is 3.73. The second-order valence-electron chi connectivity index (χ2n) is 4.98. The number of ether oxygens (including phenoxy) is 1. The smallest absolute Gasteiger partial charge is 0.119 e. The quantitative estimate of drug-likeness (QED) is 0.767. The molecule has 0 atom stereocenters. The zero-order valence-corrected chi connectivity index (χ0v) is 12.0. The monoisotopic (exact) mass is 257 g/mol. The first-order valence-corrected chi connectivity index (χ1v) is 7.18. The van der Waals surface area contributed by atoms with Gasteiger partial charge in [-0.25, -0.2) is 0 Å². The van der Waals surface area contributed by atoms with Gasteiger partial charge in [-0.1, -0.05) is 18.1 Å². The summed E-state index contributed by atoms with van der Waals surface area (Å²) in [6.45, 7) is 7.90. The summed E-state index contributed by atoms with van der Waals surface area (Å²) >= 11 is 0. The number of hydrogen-bond donors (Lipinski definition) is 0. The van der Waals surface area contributed by atoms with Crippen LogP contribution >= 0.6 is 0 Å². The summed E-state index contributed by atoms with van der Waals surface area (Å²) in [4.78, 5) is 2.45. The number of hydrogen-bond acceptors (Lipinski definition) is 2. The molecule has 2 nitrogen and oxygen atoms in total. The molecular weight excluding hydrogens is 234 g/mol. The maximum atomic E-state index is 5.49. The predicted octanol–water partition coefficient (Wildman–Crippen LogP) is 3.29. The van der Waals surface area contributed by atoms with E-state index < -0.39 is 0 Å².